The van der Waals surface area contributed by atoms with Gasteiger partial charge in [0, 0.05) is 56.9 Å². The van der Waals surface area contributed by atoms with Crippen LogP contribution < -0.4 is 0 Å². The molecule has 1 aromatic heterocycles. The molecule has 28 heavy (non-hydrogen) atoms. The van der Waals surface area contributed by atoms with Crippen molar-refractivity contribution in [3.8, 4) is 0 Å². The predicted octanol–water partition coefficient (Wildman–Crippen LogP) is 3.19. The van der Waals surface area contributed by atoms with Gasteiger partial charge in [-0.15, -0.1) is 0 Å². The number of benzene rings is 1. The maximum Gasteiger partial charge on any atom is 0.223 e. The first-order valence-electron chi connectivity index (χ1n) is 10.2. The van der Waals surface area contributed by atoms with Crippen molar-refractivity contribution >= 4 is 5.91 Å². The Labute approximate surface area is 166 Å². The second kappa shape index (κ2) is 7.66. The number of aromatic nitrogens is 2. The highest BCUT2D eigenvalue weighted by Crippen LogP contribution is 2.33. The summed E-state index contributed by atoms with van der Waals surface area (Å²) >= 11 is 0. The molecule has 150 valence electrons. The number of hydrogen-bond donors (Lipinski definition) is 0. The number of rotatable bonds is 4. The lowest BCUT2D eigenvalue weighted by molar-refractivity contribution is -0.133. The van der Waals surface area contributed by atoms with Crippen molar-refractivity contribution in [2.75, 3.05) is 13.1 Å². The normalized spacial score (nSPS) is 23.1. The number of hydrogen-bond acceptors (Lipinski definition) is 3. The van der Waals surface area contributed by atoms with Crippen LogP contribution in [0.15, 0.2) is 24.3 Å². The van der Waals surface area contributed by atoms with E-state index < -0.39 is 0 Å². The van der Waals surface area contributed by atoms with Crippen molar-refractivity contribution in [1.29, 1.82) is 0 Å². The van der Waals surface area contributed by atoms with Crippen LogP contribution in [-0.4, -0.2) is 44.6 Å². The average Bonchev–Trinajstić information content (AvgIpc) is 3.11. The molecular weight excluding hydrogens is 355 g/mol. The maximum absolute atomic E-state index is 13.6. The molecule has 4 rings (SSSR count). The van der Waals surface area contributed by atoms with E-state index >= 15 is 0 Å². The van der Waals surface area contributed by atoms with E-state index in [4.69, 9.17) is 0 Å². The Bertz CT molecular complexity index is 877. The summed E-state index contributed by atoms with van der Waals surface area (Å²) in [6, 6.07) is 6.83. The van der Waals surface area contributed by atoms with Gasteiger partial charge in [0.1, 0.15) is 5.82 Å². The standard InChI is InChI=1S/C22H29FN4O/c1-15-20(16(2)25(3)24-15)13-26-12-18-7-5-9-22(28)27(21(18)14-26)11-17-6-4-8-19(23)10-17/h4,6,8,10,18,21H,5,7,9,11-14H2,1-3H3/t18-,21+/m1/s1. The van der Waals surface area contributed by atoms with E-state index in [9.17, 15) is 9.18 Å². The van der Waals surface area contributed by atoms with Crippen molar-refractivity contribution in [3.05, 3.63) is 52.6 Å². The largest absolute Gasteiger partial charge is 0.334 e. The molecule has 3 heterocycles. The summed E-state index contributed by atoms with van der Waals surface area (Å²) in [6.07, 6.45) is 2.62. The van der Waals surface area contributed by atoms with E-state index in [-0.39, 0.29) is 17.8 Å². The fourth-order valence-electron chi connectivity index (χ4n) is 4.86. The van der Waals surface area contributed by atoms with E-state index in [1.165, 1.54) is 17.3 Å². The lowest BCUT2D eigenvalue weighted by atomic mass is 9.98. The number of carbonyl (C=O) groups excluding carboxylic acids is 1. The number of nitrogens with zero attached hydrogens (tertiary/aromatic N) is 4. The van der Waals surface area contributed by atoms with Gasteiger partial charge in [0.2, 0.25) is 5.91 Å². The Morgan fingerprint density at radius 2 is 2.04 bits per heavy atom. The molecule has 5 nitrogen and oxygen atoms in total. The molecule has 6 heteroatoms. The summed E-state index contributed by atoms with van der Waals surface area (Å²) in [5.41, 5.74) is 4.45. The number of halogens is 1. The van der Waals surface area contributed by atoms with Crippen molar-refractivity contribution < 1.29 is 9.18 Å². The molecule has 2 saturated heterocycles. The van der Waals surface area contributed by atoms with Gasteiger partial charge in [0.25, 0.3) is 0 Å². The zero-order valence-corrected chi connectivity index (χ0v) is 17.0. The lowest BCUT2D eigenvalue weighted by Crippen LogP contribution is -2.42. The Morgan fingerprint density at radius 1 is 1.21 bits per heavy atom. The summed E-state index contributed by atoms with van der Waals surface area (Å²) in [4.78, 5) is 17.3. The van der Waals surface area contributed by atoms with Crippen LogP contribution in [0.25, 0.3) is 0 Å². The van der Waals surface area contributed by atoms with Crippen LogP contribution in [0.2, 0.25) is 0 Å². The highest BCUT2D eigenvalue weighted by molar-refractivity contribution is 5.77. The minimum Gasteiger partial charge on any atom is -0.334 e. The lowest BCUT2D eigenvalue weighted by Gasteiger charge is -2.30. The third kappa shape index (κ3) is 3.70. The molecule has 1 aromatic carbocycles. The molecule has 2 aliphatic heterocycles. The summed E-state index contributed by atoms with van der Waals surface area (Å²) in [6.45, 7) is 7.43. The molecule has 2 fully saturated rings. The highest BCUT2D eigenvalue weighted by atomic mass is 19.1. The predicted molar refractivity (Wildman–Crippen MR) is 106 cm³/mol. The van der Waals surface area contributed by atoms with E-state index in [2.05, 4.69) is 23.8 Å². The van der Waals surface area contributed by atoms with Gasteiger partial charge >= 0.3 is 0 Å². The number of fused-ring (bicyclic) bond motifs is 1. The summed E-state index contributed by atoms with van der Waals surface area (Å²) in [5, 5.41) is 4.54. The van der Waals surface area contributed by atoms with E-state index in [0.717, 1.165) is 43.7 Å². The first-order valence-corrected chi connectivity index (χ1v) is 10.2. The van der Waals surface area contributed by atoms with Crippen LogP contribution in [0, 0.1) is 25.6 Å². The van der Waals surface area contributed by atoms with Gasteiger partial charge in [-0.1, -0.05) is 12.1 Å². The summed E-state index contributed by atoms with van der Waals surface area (Å²) < 4.78 is 15.6. The monoisotopic (exact) mass is 384 g/mol. The second-order valence-electron chi connectivity index (χ2n) is 8.34. The molecule has 0 aliphatic carbocycles. The first-order chi connectivity index (χ1) is 13.4. The van der Waals surface area contributed by atoms with Crippen molar-refractivity contribution in [2.45, 2.75) is 52.2 Å². The summed E-state index contributed by atoms with van der Waals surface area (Å²) in [5.74, 6) is 0.441. The van der Waals surface area contributed by atoms with Crippen molar-refractivity contribution in [1.82, 2.24) is 19.6 Å². The molecule has 2 aliphatic rings. The first kappa shape index (κ1) is 19.1. The molecule has 2 atom stereocenters. The van der Waals surface area contributed by atoms with Crippen molar-refractivity contribution in [2.24, 2.45) is 13.0 Å². The quantitative estimate of drug-likeness (QED) is 0.813. The van der Waals surface area contributed by atoms with Crippen LogP contribution in [0.5, 0.6) is 0 Å². The molecule has 0 radical (unpaired) electrons. The van der Waals surface area contributed by atoms with Gasteiger partial charge in [-0.3, -0.25) is 14.4 Å². The number of carbonyl (C=O) groups is 1. The van der Waals surface area contributed by atoms with Crippen LogP contribution >= 0.6 is 0 Å². The molecule has 1 amide bonds. The minimum absolute atomic E-state index is 0.201. The van der Waals surface area contributed by atoms with Gasteiger partial charge in [0.05, 0.1) is 5.69 Å². The van der Waals surface area contributed by atoms with Gasteiger partial charge in [0.15, 0.2) is 0 Å². The second-order valence-corrected chi connectivity index (χ2v) is 8.34. The molecule has 0 N–H and O–H groups in total. The minimum atomic E-state index is -0.244. The Kier molecular flexibility index (Phi) is 5.23. The van der Waals surface area contributed by atoms with E-state index in [1.54, 1.807) is 12.1 Å². The number of amides is 1. The van der Waals surface area contributed by atoms with Crippen molar-refractivity contribution in [3.63, 3.8) is 0 Å². The van der Waals surface area contributed by atoms with Gasteiger partial charge < -0.3 is 4.90 Å². The highest BCUT2D eigenvalue weighted by Gasteiger charge is 2.40. The molecule has 0 spiro atoms. The fourth-order valence-corrected chi connectivity index (χ4v) is 4.86. The molecule has 0 bridgehead atoms. The number of likely N-dealkylation sites (tertiary alicyclic amines) is 2. The molecule has 0 unspecified atom stereocenters. The van der Waals surface area contributed by atoms with Crippen LogP contribution in [0.1, 0.15) is 41.8 Å². The fraction of sp³-hybridized carbons (Fsp3) is 0.545. The Balaban J connectivity index is 1.53. The maximum atomic E-state index is 13.6. The molecular formula is C22H29FN4O. The molecule has 0 saturated carbocycles. The number of aryl methyl sites for hydroxylation is 2. The smallest absolute Gasteiger partial charge is 0.223 e. The Morgan fingerprint density at radius 3 is 2.75 bits per heavy atom. The third-order valence-corrected chi connectivity index (χ3v) is 6.45. The van der Waals surface area contributed by atoms with Gasteiger partial charge in [-0.05, 0) is 50.3 Å². The zero-order valence-electron chi connectivity index (χ0n) is 17.0. The molecule has 2 aromatic rings. The van der Waals surface area contributed by atoms with Crippen LogP contribution in [0.3, 0.4) is 0 Å². The van der Waals surface area contributed by atoms with E-state index in [1.807, 2.05) is 22.7 Å². The average molecular weight is 384 g/mol. The zero-order chi connectivity index (χ0) is 19.8. The topological polar surface area (TPSA) is 41.4 Å². The van der Waals surface area contributed by atoms with Gasteiger partial charge in [-0.25, -0.2) is 4.39 Å². The van der Waals surface area contributed by atoms with Crippen LogP contribution in [-0.2, 0) is 24.9 Å². The third-order valence-electron chi connectivity index (χ3n) is 6.45. The summed E-state index contributed by atoms with van der Waals surface area (Å²) in [7, 11) is 1.99. The van der Waals surface area contributed by atoms with E-state index in [0.29, 0.717) is 18.9 Å². The SMILES string of the molecule is Cc1nn(C)c(C)c1CN1C[C@H]2CCCC(=O)N(Cc3cccc(F)c3)[C@H]2C1. The van der Waals surface area contributed by atoms with Crippen LogP contribution in [0.4, 0.5) is 4.39 Å². The van der Waals surface area contributed by atoms with Gasteiger partial charge in [-0.2, -0.15) is 5.10 Å². The Hall–Kier alpha value is -2.21.